The third kappa shape index (κ3) is 3.92. The second-order valence-corrected chi connectivity index (χ2v) is 13.7. The van der Waals surface area contributed by atoms with E-state index in [4.69, 9.17) is 9.47 Å². The lowest BCUT2D eigenvalue weighted by molar-refractivity contribution is -0.201. The Kier molecular flexibility index (Phi) is 6.52. The van der Waals surface area contributed by atoms with E-state index in [-0.39, 0.29) is 29.3 Å². The van der Waals surface area contributed by atoms with Crippen LogP contribution in [0.2, 0.25) is 0 Å². The van der Waals surface area contributed by atoms with Crippen LogP contribution in [0.3, 0.4) is 0 Å². The van der Waals surface area contributed by atoms with E-state index in [0.29, 0.717) is 12.8 Å². The molecule has 2 N–H and O–H groups in total. The zero-order valence-electron chi connectivity index (χ0n) is 24.6. The lowest BCUT2D eigenvalue weighted by atomic mass is 9.46. The molecular weight excluding hydrogens is 528 g/mol. The molecule has 1 heterocycles. The van der Waals surface area contributed by atoms with Crippen LogP contribution in [0.4, 0.5) is 0 Å². The maximum atomic E-state index is 13.7. The molecule has 2 aromatic rings. The van der Waals surface area contributed by atoms with E-state index in [2.05, 4.69) is 57.2 Å². The molecule has 6 heteroatoms. The van der Waals surface area contributed by atoms with Gasteiger partial charge in [-0.1, -0.05) is 79.6 Å². The molecule has 220 valence electrons. The molecular formula is C36H40O6. The minimum atomic E-state index is -1.33. The van der Waals surface area contributed by atoms with Crippen molar-refractivity contribution in [2.24, 2.45) is 28.6 Å². The van der Waals surface area contributed by atoms with Crippen molar-refractivity contribution in [2.45, 2.75) is 77.0 Å². The molecule has 0 amide bonds. The zero-order valence-corrected chi connectivity index (χ0v) is 24.6. The van der Waals surface area contributed by atoms with Gasteiger partial charge in [0.25, 0.3) is 0 Å². The van der Waals surface area contributed by atoms with Crippen LogP contribution in [0.25, 0.3) is 0 Å². The van der Waals surface area contributed by atoms with Crippen molar-refractivity contribution in [2.75, 3.05) is 6.61 Å². The molecule has 2 aromatic carbocycles. The minimum Gasteiger partial charge on any atom is -0.393 e. The number of ketones is 2. The third-order valence-corrected chi connectivity index (χ3v) is 11.5. The number of aliphatic hydroxyl groups is 2. The van der Waals surface area contributed by atoms with Crippen LogP contribution >= 0.6 is 0 Å². The maximum absolute atomic E-state index is 13.7. The summed E-state index contributed by atoms with van der Waals surface area (Å²) in [6.07, 6.45) is 6.91. The first-order chi connectivity index (χ1) is 20.1. The monoisotopic (exact) mass is 568 g/mol. The van der Waals surface area contributed by atoms with Gasteiger partial charge in [-0.15, -0.1) is 0 Å². The topological polar surface area (TPSA) is 93.1 Å². The van der Waals surface area contributed by atoms with Crippen LogP contribution in [-0.4, -0.2) is 46.2 Å². The molecule has 3 saturated carbocycles. The molecule has 4 aliphatic carbocycles. The summed E-state index contributed by atoms with van der Waals surface area (Å²) in [6.45, 7) is 5.66. The van der Waals surface area contributed by atoms with Crippen molar-refractivity contribution in [1.82, 2.24) is 0 Å². The number of aryl methyl sites for hydroxylation is 1. The summed E-state index contributed by atoms with van der Waals surface area (Å²) in [5.41, 5.74) is 3.16. The van der Waals surface area contributed by atoms with E-state index >= 15 is 0 Å². The van der Waals surface area contributed by atoms with Crippen LogP contribution in [0.15, 0.2) is 72.3 Å². The highest BCUT2D eigenvalue weighted by Gasteiger charge is 2.75. The molecule has 1 aliphatic heterocycles. The smallest absolute Gasteiger partial charge is 0.193 e. The highest BCUT2D eigenvalue weighted by atomic mass is 16.7. The fourth-order valence-electron chi connectivity index (χ4n) is 9.68. The number of benzene rings is 2. The quantitative estimate of drug-likeness (QED) is 0.516. The van der Waals surface area contributed by atoms with Crippen LogP contribution in [0, 0.1) is 35.5 Å². The van der Waals surface area contributed by atoms with Crippen molar-refractivity contribution in [3.63, 3.8) is 0 Å². The Labute approximate surface area is 247 Å². The van der Waals surface area contributed by atoms with Crippen LogP contribution in [0.5, 0.6) is 0 Å². The molecule has 5 aliphatic rings. The maximum Gasteiger partial charge on any atom is 0.193 e. The van der Waals surface area contributed by atoms with Crippen molar-refractivity contribution in [1.29, 1.82) is 0 Å². The van der Waals surface area contributed by atoms with Gasteiger partial charge in [0.1, 0.15) is 6.61 Å². The highest BCUT2D eigenvalue weighted by Crippen LogP contribution is 2.70. The number of Topliss-reactive ketones (excluding diaryl/α,β-unsaturated/α-hetero) is 1. The number of hydrogen-bond acceptors (Lipinski definition) is 6. The van der Waals surface area contributed by atoms with Gasteiger partial charge in [0.2, 0.25) is 0 Å². The van der Waals surface area contributed by atoms with Crippen LogP contribution in [0.1, 0.15) is 68.1 Å². The molecule has 0 spiro atoms. The number of fused-ring (bicyclic) bond motifs is 7. The van der Waals surface area contributed by atoms with Crippen molar-refractivity contribution < 1.29 is 29.3 Å². The normalized spacial score (nSPS) is 40.1. The van der Waals surface area contributed by atoms with E-state index in [1.165, 1.54) is 16.7 Å². The van der Waals surface area contributed by atoms with Gasteiger partial charge in [-0.2, -0.15) is 0 Å². The summed E-state index contributed by atoms with van der Waals surface area (Å²) in [4.78, 5) is 25.9. The Balaban J connectivity index is 1.18. The summed E-state index contributed by atoms with van der Waals surface area (Å²) in [5.74, 6) is -0.202. The Bertz CT molecular complexity index is 1490. The first kappa shape index (κ1) is 27.9. The van der Waals surface area contributed by atoms with Gasteiger partial charge in [-0.05, 0) is 74.1 Å². The standard InChI is InChI=1S/C36H40O6/c1-21-5-4-6-23(15-21)16-22-7-9-24(10-8-22)33-41-31-18-28-27-12-11-25-17-26(38)13-14-34(25,2)32(27)29(39)19-35(28,3)36(31,42-33)30(40)20-37/h4-10,13-15,17,27-29,31-33,37,39H,11-12,16,18-20H2,1-3H3/t27-,28-,29-,31+,32+,33+,34-,35-,36+/m0/s1. The number of carbonyl (C=O) groups is 2. The van der Waals surface area contributed by atoms with Crippen LogP contribution < -0.4 is 0 Å². The fraction of sp³-hybridized carbons (Fsp3) is 0.500. The lowest BCUT2D eigenvalue weighted by Gasteiger charge is -2.59. The molecule has 0 bridgehead atoms. The molecule has 4 fully saturated rings. The first-order valence-corrected chi connectivity index (χ1v) is 15.3. The zero-order chi connectivity index (χ0) is 29.4. The SMILES string of the molecule is Cc1cccc(Cc2ccc([C@@H]3O[C@@H]4C[C@H]5[C@@H]6CCC7=CC(=O)C=C[C@]7(C)[C@H]6[C@@H](O)C[C@]5(C)[C@]4(C(=O)CO)O3)cc2)c1. The Morgan fingerprint density at radius 2 is 1.88 bits per heavy atom. The molecule has 0 unspecified atom stereocenters. The molecule has 1 saturated heterocycles. The largest absolute Gasteiger partial charge is 0.393 e. The highest BCUT2D eigenvalue weighted by molar-refractivity contribution is 6.01. The van der Waals surface area contributed by atoms with Gasteiger partial charge in [0, 0.05) is 22.3 Å². The second-order valence-electron chi connectivity index (χ2n) is 13.7. The van der Waals surface area contributed by atoms with Gasteiger partial charge in [0.05, 0.1) is 12.2 Å². The Morgan fingerprint density at radius 1 is 1.10 bits per heavy atom. The molecule has 7 rings (SSSR count). The molecule has 9 atom stereocenters. The molecule has 6 nitrogen and oxygen atoms in total. The number of aliphatic hydroxyl groups excluding tert-OH is 2. The van der Waals surface area contributed by atoms with E-state index in [0.717, 1.165) is 30.4 Å². The number of allylic oxidation sites excluding steroid dienone is 4. The summed E-state index contributed by atoms with van der Waals surface area (Å²) < 4.78 is 13.3. The number of carbonyl (C=O) groups excluding carboxylic acids is 2. The lowest BCUT2D eigenvalue weighted by Crippen LogP contribution is -2.63. The Hall–Kier alpha value is -2.90. The predicted octanol–water partition coefficient (Wildman–Crippen LogP) is 5.19. The molecule has 42 heavy (non-hydrogen) atoms. The second kappa shape index (κ2) is 9.81. The van der Waals surface area contributed by atoms with Gasteiger partial charge in [-0.25, -0.2) is 0 Å². The summed E-state index contributed by atoms with van der Waals surface area (Å²) in [7, 11) is 0. The van der Waals surface area contributed by atoms with Gasteiger partial charge in [-0.3, -0.25) is 9.59 Å². The molecule has 0 aromatic heterocycles. The predicted molar refractivity (Wildman–Crippen MR) is 157 cm³/mol. The average Bonchev–Trinajstić information content (AvgIpc) is 3.46. The summed E-state index contributed by atoms with van der Waals surface area (Å²) in [6, 6.07) is 16.7. The van der Waals surface area contributed by atoms with Crippen molar-refractivity contribution in [3.8, 4) is 0 Å². The third-order valence-electron chi connectivity index (χ3n) is 11.5. The number of ether oxygens (including phenoxy) is 2. The van der Waals surface area contributed by atoms with Gasteiger partial charge >= 0.3 is 0 Å². The molecule has 0 radical (unpaired) electrons. The minimum absolute atomic E-state index is 0.00925. The van der Waals surface area contributed by atoms with Gasteiger partial charge < -0.3 is 19.7 Å². The van der Waals surface area contributed by atoms with Crippen LogP contribution in [-0.2, 0) is 25.5 Å². The Morgan fingerprint density at radius 3 is 2.62 bits per heavy atom. The van der Waals surface area contributed by atoms with Gasteiger partial charge in [0.15, 0.2) is 23.5 Å². The summed E-state index contributed by atoms with van der Waals surface area (Å²) >= 11 is 0. The van der Waals surface area contributed by atoms with Crippen molar-refractivity contribution in [3.05, 3.63) is 94.6 Å². The number of hydrogen-bond donors (Lipinski definition) is 2. The number of rotatable bonds is 5. The van der Waals surface area contributed by atoms with E-state index in [9.17, 15) is 19.8 Å². The van der Waals surface area contributed by atoms with E-state index in [1.807, 2.05) is 18.2 Å². The van der Waals surface area contributed by atoms with E-state index in [1.54, 1.807) is 12.2 Å². The summed E-state index contributed by atoms with van der Waals surface area (Å²) in [5, 5.41) is 22.0. The fourth-order valence-corrected chi connectivity index (χ4v) is 9.68. The first-order valence-electron chi connectivity index (χ1n) is 15.3. The average molecular weight is 569 g/mol. The van der Waals surface area contributed by atoms with E-state index < -0.39 is 41.5 Å². The van der Waals surface area contributed by atoms with Crippen molar-refractivity contribution >= 4 is 11.6 Å².